The van der Waals surface area contributed by atoms with E-state index in [4.69, 9.17) is 0 Å². The highest BCUT2D eigenvalue weighted by atomic mass is 79.9. The zero-order chi connectivity index (χ0) is 14.0. The molecule has 0 saturated carbocycles. The van der Waals surface area contributed by atoms with Crippen LogP contribution >= 0.6 is 27.3 Å². The van der Waals surface area contributed by atoms with Gasteiger partial charge in [0.05, 0.1) is 5.56 Å². The summed E-state index contributed by atoms with van der Waals surface area (Å²) in [5, 5.41) is 3.63. The number of ketones is 1. The lowest BCUT2D eigenvalue weighted by atomic mass is 10.0. The number of carbonyl (C=O) groups is 1. The molecule has 1 aromatic carbocycles. The van der Waals surface area contributed by atoms with Crippen molar-refractivity contribution in [3.05, 3.63) is 56.2 Å². The molecule has 0 bridgehead atoms. The van der Waals surface area contributed by atoms with Gasteiger partial charge in [0.25, 0.3) is 0 Å². The topological polar surface area (TPSA) is 17.1 Å². The highest BCUT2D eigenvalue weighted by molar-refractivity contribution is 9.10. The van der Waals surface area contributed by atoms with E-state index in [1.165, 1.54) is 23.5 Å². The van der Waals surface area contributed by atoms with E-state index in [2.05, 4.69) is 15.9 Å². The molecule has 0 saturated heterocycles. The van der Waals surface area contributed by atoms with Crippen molar-refractivity contribution < 1.29 is 18.0 Å². The van der Waals surface area contributed by atoms with Gasteiger partial charge in [-0.3, -0.25) is 4.79 Å². The van der Waals surface area contributed by atoms with Crippen LogP contribution in [0.3, 0.4) is 0 Å². The number of halogens is 4. The number of hydrogen-bond acceptors (Lipinski definition) is 2. The quantitative estimate of drug-likeness (QED) is 0.717. The molecule has 0 unspecified atom stereocenters. The fraction of sp³-hybridized carbons (Fsp3) is 0.154. The molecule has 0 aliphatic rings. The van der Waals surface area contributed by atoms with Gasteiger partial charge >= 0.3 is 6.18 Å². The summed E-state index contributed by atoms with van der Waals surface area (Å²) < 4.78 is 38.1. The molecule has 0 radical (unpaired) electrons. The summed E-state index contributed by atoms with van der Waals surface area (Å²) in [5.41, 5.74) is 0.0527. The van der Waals surface area contributed by atoms with Crippen LogP contribution in [0.5, 0.6) is 0 Å². The first-order chi connectivity index (χ1) is 8.88. The Kier molecular flexibility index (Phi) is 4.10. The lowest BCUT2D eigenvalue weighted by molar-refractivity contribution is -0.138. The smallest absolute Gasteiger partial charge is 0.294 e. The second kappa shape index (κ2) is 5.46. The highest BCUT2D eigenvalue weighted by Crippen LogP contribution is 2.35. The molecule has 100 valence electrons. The van der Waals surface area contributed by atoms with Gasteiger partial charge in [-0.25, -0.2) is 0 Å². The van der Waals surface area contributed by atoms with Gasteiger partial charge in [0, 0.05) is 16.5 Å². The van der Waals surface area contributed by atoms with E-state index in [0.29, 0.717) is 0 Å². The van der Waals surface area contributed by atoms with E-state index in [9.17, 15) is 18.0 Å². The van der Waals surface area contributed by atoms with Crippen molar-refractivity contribution in [3.8, 4) is 0 Å². The third-order valence-electron chi connectivity index (χ3n) is 2.54. The number of alkyl halides is 3. The summed E-state index contributed by atoms with van der Waals surface area (Å²) >= 11 is 4.29. The molecule has 2 rings (SSSR count). The van der Waals surface area contributed by atoms with Crippen molar-refractivity contribution >= 4 is 33.0 Å². The molecule has 0 fully saturated rings. The largest absolute Gasteiger partial charge is 0.417 e. The second-order valence-corrected chi connectivity index (χ2v) is 5.56. The van der Waals surface area contributed by atoms with Gasteiger partial charge in [-0.15, -0.1) is 0 Å². The Bertz CT molecular complexity index is 590. The molecule has 1 heterocycles. The molecule has 0 N–H and O–H groups in total. The van der Waals surface area contributed by atoms with E-state index in [1.807, 2.05) is 5.38 Å². The molecule has 0 aliphatic heterocycles. The van der Waals surface area contributed by atoms with Crippen LogP contribution in [-0.2, 0) is 12.6 Å². The predicted octanol–water partition coefficient (Wildman–Crippen LogP) is 4.95. The van der Waals surface area contributed by atoms with Crippen molar-refractivity contribution in [2.75, 3.05) is 0 Å². The van der Waals surface area contributed by atoms with Gasteiger partial charge in [-0.1, -0.05) is 22.0 Å². The molecule has 19 heavy (non-hydrogen) atoms. The van der Waals surface area contributed by atoms with Crippen LogP contribution in [0, 0.1) is 0 Å². The molecule has 0 spiro atoms. The Balaban J connectivity index is 2.28. The van der Waals surface area contributed by atoms with Crippen LogP contribution in [0.2, 0.25) is 0 Å². The SMILES string of the molecule is O=C(Cc1ccsc1)c1ccc(Br)c(C(F)(F)F)c1. The summed E-state index contributed by atoms with van der Waals surface area (Å²) in [7, 11) is 0. The number of benzene rings is 1. The summed E-state index contributed by atoms with van der Waals surface area (Å²) in [6.45, 7) is 0. The summed E-state index contributed by atoms with van der Waals surface area (Å²) in [5.74, 6) is -0.323. The van der Waals surface area contributed by atoms with Gasteiger partial charge in [-0.05, 0) is 34.5 Å². The zero-order valence-electron chi connectivity index (χ0n) is 9.50. The van der Waals surface area contributed by atoms with Crippen LogP contribution in [0.15, 0.2) is 39.5 Å². The number of rotatable bonds is 3. The number of hydrogen-bond donors (Lipinski definition) is 0. The Morgan fingerprint density at radius 1 is 1.26 bits per heavy atom. The highest BCUT2D eigenvalue weighted by Gasteiger charge is 2.33. The minimum absolute atomic E-state index is 0.0629. The normalized spacial score (nSPS) is 11.6. The molecule has 6 heteroatoms. The summed E-state index contributed by atoms with van der Waals surface area (Å²) in [6.07, 6.45) is -4.36. The Labute approximate surface area is 120 Å². The molecule has 2 aromatic rings. The number of thiophene rings is 1. The van der Waals surface area contributed by atoms with Gasteiger partial charge in [0.15, 0.2) is 5.78 Å². The van der Waals surface area contributed by atoms with E-state index in [-0.39, 0.29) is 22.2 Å². The second-order valence-electron chi connectivity index (χ2n) is 3.92. The van der Waals surface area contributed by atoms with Crippen molar-refractivity contribution in [1.29, 1.82) is 0 Å². The van der Waals surface area contributed by atoms with Crippen LogP contribution in [0.4, 0.5) is 13.2 Å². The van der Waals surface area contributed by atoms with Crippen LogP contribution in [0.1, 0.15) is 21.5 Å². The lowest BCUT2D eigenvalue weighted by Gasteiger charge is -2.10. The molecular formula is C13H8BrF3OS. The van der Waals surface area contributed by atoms with E-state index < -0.39 is 11.7 Å². The number of carbonyl (C=O) groups excluding carboxylic acids is 1. The van der Waals surface area contributed by atoms with Crippen LogP contribution < -0.4 is 0 Å². The summed E-state index contributed by atoms with van der Waals surface area (Å²) in [6, 6.07) is 5.32. The third kappa shape index (κ3) is 3.45. The van der Waals surface area contributed by atoms with Crippen molar-refractivity contribution in [1.82, 2.24) is 0 Å². The first-order valence-corrected chi connectivity index (χ1v) is 7.02. The van der Waals surface area contributed by atoms with Crippen LogP contribution in [-0.4, -0.2) is 5.78 Å². The Morgan fingerprint density at radius 3 is 2.58 bits per heavy atom. The van der Waals surface area contributed by atoms with Crippen molar-refractivity contribution in [2.45, 2.75) is 12.6 Å². The average Bonchev–Trinajstić information content (AvgIpc) is 2.80. The Morgan fingerprint density at radius 2 is 2.00 bits per heavy atom. The molecule has 0 aliphatic carbocycles. The first kappa shape index (κ1) is 14.3. The fourth-order valence-electron chi connectivity index (χ4n) is 1.60. The maximum atomic E-state index is 12.7. The first-order valence-electron chi connectivity index (χ1n) is 5.29. The Hall–Kier alpha value is -1.14. The monoisotopic (exact) mass is 348 g/mol. The lowest BCUT2D eigenvalue weighted by Crippen LogP contribution is -2.09. The van der Waals surface area contributed by atoms with E-state index in [1.54, 1.807) is 11.4 Å². The number of Topliss-reactive ketones (excluding diaryl/α,β-unsaturated/α-hetero) is 1. The standard InChI is InChI=1S/C13H8BrF3OS/c14-11-2-1-9(6-10(11)13(15,16)17)12(18)5-8-3-4-19-7-8/h1-4,6-7H,5H2. The van der Waals surface area contributed by atoms with E-state index >= 15 is 0 Å². The molecule has 0 atom stereocenters. The molecule has 1 aromatic heterocycles. The minimum Gasteiger partial charge on any atom is -0.294 e. The van der Waals surface area contributed by atoms with Crippen LogP contribution in [0.25, 0.3) is 0 Å². The fourth-order valence-corrected chi connectivity index (χ4v) is 2.74. The maximum Gasteiger partial charge on any atom is 0.417 e. The van der Waals surface area contributed by atoms with Gasteiger partial charge in [0.2, 0.25) is 0 Å². The molecule has 0 amide bonds. The zero-order valence-corrected chi connectivity index (χ0v) is 11.9. The minimum atomic E-state index is -4.47. The van der Waals surface area contributed by atoms with E-state index in [0.717, 1.165) is 11.6 Å². The average molecular weight is 349 g/mol. The van der Waals surface area contributed by atoms with Gasteiger partial charge < -0.3 is 0 Å². The molecular weight excluding hydrogens is 341 g/mol. The van der Waals surface area contributed by atoms with Crippen molar-refractivity contribution in [3.63, 3.8) is 0 Å². The summed E-state index contributed by atoms with van der Waals surface area (Å²) in [4.78, 5) is 11.9. The maximum absolute atomic E-state index is 12.7. The predicted molar refractivity (Wildman–Crippen MR) is 71.5 cm³/mol. The third-order valence-corrected chi connectivity index (χ3v) is 3.96. The van der Waals surface area contributed by atoms with Crippen molar-refractivity contribution in [2.24, 2.45) is 0 Å². The molecule has 1 nitrogen and oxygen atoms in total. The van der Waals surface area contributed by atoms with Gasteiger partial charge in [0.1, 0.15) is 0 Å². The van der Waals surface area contributed by atoms with Gasteiger partial charge in [-0.2, -0.15) is 24.5 Å².